The molecule has 1 aliphatic rings. The van der Waals surface area contributed by atoms with Crippen LogP contribution in [0.4, 0.5) is 0 Å². The summed E-state index contributed by atoms with van der Waals surface area (Å²) < 4.78 is 0. The molecule has 0 aliphatic carbocycles. The minimum absolute atomic E-state index is 0. The Balaban J connectivity index is 0.00000261. The first-order chi connectivity index (χ1) is 12.7. The molecule has 0 saturated carbocycles. The van der Waals surface area contributed by atoms with Crippen LogP contribution < -0.4 is 11.1 Å². The highest BCUT2D eigenvalue weighted by atomic mass is 127. The van der Waals surface area contributed by atoms with E-state index in [-0.39, 0.29) is 24.0 Å². The summed E-state index contributed by atoms with van der Waals surface area (Å²) in [4.78, 5) is 8.48. The number of nitrogens with one attached hydrogen (secondary N) is 1. The molecule has 1 saturated heterocycles. The molecule has 0 radical (unpaired) electrons. The Kier molecular flexibility index (Phi) is 9.58. The smallest absolute Gasteiger partial charge is 0.188 e. The van der Waals surface area contributed by atoms with Crippen molar-refractivity contribution in [3.05, 3.63) is 57.8 Å². The van der Waals surface area contributed by atoms with Crippen molar-refractivity contribution in [2.24, 2.45) is 16.6 Å². The van der Waals surface area contributed by atoms with Gasteiger partial charge in [0, 0.05) is 24.5 Å². The first kappa shape index (κ1) is 22.2. The average Bonchev–Trinajstić information content (AvgIpc) is 3.16. The highest BCUT2D eigenvalue weighted by Crippen LogP contribution is 2.19. The van der Waals surface area contributed by atoms with Crippen LogP contribution in [0.1, 0.15) is 28.8 Å². The number of rotatable bonds is 7. The lowest BCUT2D eigenvalue weighted by Gasteiger charge is -2.31. The number of benzene rings is 1. The molecule has 1 aliphatic heterocycles. The van der Waals surface area contributed by atoms with Crippen LogP contribution in [0.25, 0.3) is 0 Å². The number of nitrogens with two attached hydrogens (primary N) is 1. The molecule has 148 valence electrons. The van der Waals surface area contributed by atoms with E-state index in [2.05, 4.69) is 63.9 Å². The third-order valence-corrected chi connectivity index (χ3v) is 5.95. The summed E-state index contributed by atoms with van der Waals surface area (Å²) in [5, 5.41) is 5.34. The van der Waals surface area contributed by atoms with E-state index in [1.807, 2.05) is 0 Å². The maximum absolute atomic E-state index is 6.00. The van der Waals surface area contributed by atoms with Crippen LogP contribution in [0.2, 0.25) is 0 Å². The van der Waals surface area contributed by atoms with Crippen molar-refractivity contribution in [1.29, 1.82) is 0 Å². The van der Waals surface area contributed by atoms with E-state index in [9.17, 15) is 0 Å². The van der Waals surface area contributed by atoms with Gasteiger partial charge in [-0.05, 0) is 62.2 Å². The SMILES string of the molecule is Cc1ccc(CN2CCC(CN=C(N)NCCc3cccs3)CC2)cc1.I. The Labute approximate surface area is 184 Å². The Morgan fingerprint density at radius 3 is 2.63 bits per heavy atom. The van der Waals surface area contributed by atoms with E-state index in [0.29, 0.717) is 11.9 Å². The highest BCUT2D eigenvalue weighted by molar-refractivity contribution is 14.0. The minimum Gasteiger partial charge on any atom is -0.370 e. The Bertz CT molecular complexity index is 677. The molecule has 0 bridgehead atoms. The number of hydrogen-bond donors (Lipinski definition) is 2. The molecule has 3 N–H and O–H groups in total. The fourth-order valence-electron chi connectivity index (χ4n) is 3.33. The highest BCUT2D eigenvalue weighted by Gasteiger charge is 2.19. The molecular formula is C21H31IN4S. The van der Waals surface area contributed by atoms with Gasteiger partial charge < -0.3 is 11.1 Å². The minimum atomic E-state index is 0. The van der Waals surface area contributed by atoms with E-state index >= 15 is 0 Å². The summed E-state index contributed by atoms with van der Waals surface area (Å²) in [5.41, 5.74) is 8.74. The van der Waals surface area contributed by atoms with Crippen LogP contribution in [0.15, 0.2) is 46.8 Å². The van der Waals surface area contributed by atoms with Crippen LogP contribution in [-0.4, -0.2) is 37.0 Å². The monoisotopic (exact) mass is 498 g/mol. The standard InChI is InChI=1S/C21H30N4S.HI/c1-17-4-6-19(7-5-17)16-25-12-9-18(10-13-25)15-24-21(22)23-11-8-20-3-2-14-26-20;/h2-7,14,18H,8-13,15-16H2,1H3,(H3,22,23,24);1H. The number of thiophene rings is 1. The van der Waals surface area contributed by atoms with Gasteiger partial charge in [-0.2, -0.15) is 0 Å². The Morgan fingerprint density at radius 1 is 1.22 bits per heavy atom. The van der Waals surface area contributed by atoms with Crippen molar-refractivity contribution in [1.82, 2.24) is 10.2 Å². The summed E-state index contributed by atoms with van der Waals surface area (Å²) >= 11 is 1.79. The summed E-state index contributed by atoms with van der Waals surface area (Å²) in [6.45, 7) is 7.20. The van der Waals surface area contributed by atoms with Crippen molar-refractivity contribution in [3.8, 4) is 0 Å². The lowest BCUT2D eigenvalue weighted by Crippen LogP contribution is -2.36. The molecule has 2 heterocycles. The third-order valence-electron chi connectivity index (χ3n) is 5.01. The second kappa shape index (κ2) is 11.7. The molecule has 0 atom stereocenters. The van der Waals surface area contributed by atoms with Crippen molar-refractivity contribution < 1.29 is 0 Å². The molecule has 0 amide bonds. The zero-order valence-corrected chi connectivity index (χ0v) is 19.2. The van der Waals surface area contributed by atoms with Gasteiger partial charge in [0.2, 0.25) is 0 Å². The second-order valence-corrected chi connectivity index (χ2v) is 8.22. The number of hydrogen-bond acceptors (Lipinski definition) is 3. The predicted octanol–water partition coefficient (Wildman–Crippen LogP) is 4.03. The van der Waals surface area contributed by atoms with Gasteiger partial charge in [-0.15, -0.1) is 35.3 Å². The molecule has 1 fully saturated rings. The van der Waals surface area contributed by atoms with Crippen LogP contribution in [0, 0.1) is 12.8 Å². The fraction of sp³-hybridized carbons (Fsp3) is 0.476. The number of halogens is 1. The van der Waals surface area contributed by atoms with Crippen LogP contribution in [-0.2, 0) is 13.0 Å². The number of aryl methyl sites for hydroxylation is 1. The molecule has 1 aromatic carbocycles. The lowest BCUT2D eigenvalue weighted by atomic mass is 9.96. The third kappa shape index (κ3) is 7.79. The number of guanidine groups is 1. The molecule has 0 unspecified atom stereocenters. The normalized spacial score (nSPS) is 16.1. The Morgan fingerprint density at radius 2 is 1.96 bits per heavy atom. The molecule has 27 heavy (non-hydrogen) atoms. The fourth-order valence-corrected chi connectivity index (χ4v) is 4.04. The van der Waals surface area contributed by atoms with Crippen molar-refractivity contribution in [2.75, 3.05) is 26.2 Å². The zero-order chi connectivity index (χ0) is 18.2. The quantitative estimate of drug-likeness (QED) is 0.344. The van der Waals surface area contributed by atoms with E-state index in [1.54, 1.807) is 11.3 Å². The van der Waals surface area contributed by atoms with Crippen molar-refractivity contribution in [2.45, 2.75) is 32.7 Å². The molecule has 3 rings (SSSR count). The molecule has 4 nitrogen and oxygen atoms in total. The predicted molar refractivity (Wildman–Crippen MR) is 127 cm³/mol. The van der Waals surface area contributed by atoms with Gasteiger partial charge in [0.1, 0.15) is 0 Å². The summed E-state index contributed by atoms with van der Waals surface area (Å²) in [6, 6.07) is 13.1. The molecule has 2 aromatic rings. The van der Waals surface area contributed by atoms with Crippen molar-refractivity contribution in [3.63, 3.8) is 0 Å². The van der Waals surface area contributed by atoms with Gasteiger partial charge in [-0.1, -0.05) is 35.9 Å². The van der Waals surface area contributed by atoms with E-state index < -0.39 is 0 Å². The van der Waals surface area contributed by atoms with Gasteiger partial charge >= 0.3 is 0 Å². The van der Waals surface area contributed by atoms with Gasteiger partial charge in [0.25, 0.3) is 0 Å². The maximum Gasteiger partial charge on any atom is 0.188 e. The van der Waals surface area contributed by atoms with E-state index in [1.165, 1.54) is 28.8 Å². The summed E-state index contributed by atoms with van der Waals surface area (Å²) in [7, 11) is 0. The van der Waals surface area contributed by atoms with E-state index in [4.69, 9.17) is 5.73 Å². The first-order valence-electron chi connectivity index (χ1n) is 9.53. The number of likely N-dealkylation sites (tertiary alicyclic amines) is 1. The number of piperidine rings is 1. The number of aliphatic imine (C=N–C) groups is 1. The van der Waals surface area contributed by atoms with Gasteiger partial charge in [-0.3, -0.25) is 9.89 Å². The molecule has 6 heteroatoms. The van der Waals surface area contributed by atoms with Gasteiger partial charge in [0.05, 0.1) is 0 Å². The molecule has 0 spiro atoms. The maximum atomic E-state index is 6.00. The Hall–Kier alpha value is -1.12. The van der Waals surface area contributed by atoms with Gasteiger partial charge in [-0.25, -0.2) is 0 Å². The lowest BCUT2D eigenvalue weighted by molar-refractivity contribution is 0.180. The van der Waals surface area contributed by atoms with Crippen LogP contribution >= 0.6 is 35.3 Å². The first-order valence-corrected chi connectivity index (χ1v) is 10.4. The average molecular weight is 498 g/mol. The van der Waals surface area contributed by atoms with Crippen LogP contribution in [0.3, 0.4) is 0 Å². The molecule has 1 aromatic heterocycles. The topological polar surface area (TPSA) is 53.6 Å². The second-order valence-electron chi connectivity index (χ2n) is 7.19. The van der Waals surface area contributed by atoms with E-state index in [0.717, 1.165) is 39.1 Å². The zero-order valence-electron chi connectivity index (χ0n) is 16.1. The van der Waals surface area contributed by atoms with Gasteiger partial charge in [0.15, 0.2) is 5.96 Å². The molecular weight excluding hydrogens is 467 g/mol. The van der Waals surface area contributed by atoms with Crippen molar-refractivity contribution >= 4 is 41.3 Å². The largest absolute Gasteiger partial charge is 0.370 e. The summed E-state index contributed by atoms with van der Waals surface area (Å²) in [6.07, 6.45) is 3.42. The van der Waals surface area contributed by atoms with Crippen LogP contribution in [0.5, 0.6) is 0 Å². The summed E-state index contributed by atoms with van der Waals surface area (Å²) in [5.74, 6) is 1.24. The number of nitrogens with zero attached hydrogens (tertiary/aromatic N) is 2.